The summed E-state index contributed by atoms with van der Waals surface area (Å²) in [7, 11) is 3.22. The number of nitrogens with zero attached hydrogens (tertiary/aromatic N) is 3. The van der Waals surface area contributed by atoms with Crippen molar-refractivity contribution in [3.63, 3.8) is 0 Å². The summed E-state index contributed by atoms with van der Waals surface area (Å²) >= 11 is 6.69. The van der Waals surface area contributed by atoms with E-state index in [2.05, 4.69) is 4.98 Å². The van der Waals surface area contributed by atoms with E-state index in [1.165, 1.54) is 5.01 Å². The van der Waals surface area contributed by atoms with E-state index in [-0.39, 0.29) is 5.91 Å². The molecule has 5 rings (SSSR count). The van der Waals surface area contributed by atoms with Crippen molar-refractivity contribution in [1.82, 2.24) is 9.99 Å². The molecule has 1 aliphatic heterocycles. The first-order valence-electron chi connectivity index (χ1n) is 10.8. The van der Waals surface area contributed by atoms with Crippen LogP contribution in [0.5, 0.6) is 11.5 Å². The molecule has 2 heterocycles. The third-order valence-electron chi connectivity index (χ3n) is 5.91. The lowest BCUT2D eigenvalue weighted by molar-refractivity contribution is 0.0711. The van der Waals surface area contributed by atoms with Crippen LogP contribution >= 0.6 is 11.6 Å². The number of fused-ring (bicyclic) bond motifs is 1. The molecule has 0 aliphatic carbocycles. The van der Waals surface area contributed by atoms with Gasteiger partial charge in [-0.1, -0.05) is 54.1 Å². The number of ether oxygens (including phenoxy) is 2. The number of pyridine rings is 1. The predicted octanol–water partition coefficient (Wildman–Crippen LogP) is 5.90. The Hall–Kier alpha value is -3.90. The fourth-order valence-electron chi connectivity index (χ4n) is 4.19. The average Bonchev–Trinajstić information content (AvgIpc) is 3.33. The Labute approximate surface area is 202 Å². The molecule has 1 atom stereocenters. The second-order valence-electron chi connectivity index (χ2n) is 7.91. The number of halogens is 1. The normalized spacial score (nSPS) is 15.3. The van der Waals surface area contributed by atoms with Crippen LogP contribution in [0.4, 0.5) is 0 Å². The summed E-state index contributed by atoms with van der Waals surface area (Å²) < 4.78 is 10.8. The Balaban J connectivity index is 1.61. The molecule has 0 unspecified atom stereocenters. The lowest BCUT2D eigenvalue weighted by Crippen LogP contribution is -2.27. The van der Waals surface area contributed by atoms with Gasteiger partial charge in [-0.15, -0.1) is 0 Å². The van der Waals surface area contributed by atoms with E-state index >= 15 is 0 Å². The zero-order valence-electron chi connectivity index (χ0n) is 18.7. The predicted molar refractivity (Wildman–Crippen MR) is 133 cm³/mol. The van der Waals surface area contributed by atoms with E-state index in [4.69, 9.17) is 26.2 Å². The molecule has 0 saturated heterocycles. The largest absolute Gasteiger partial charge is 0.497 e. The van der Waals surface area contributed by atoms with Gasteiger partial charge in [-0.2, -0.15) is 5.10 Å². The van der Waals surface area contributed by atoms with Crippen LogP contribution in [0.3, 0.4) is 0 Å². The SMILES string of the molecule is COc1cccc(C2=NN(C(=O)c3ccccc3)[C@H](c3cc4cccc(OC)c4nc3Cl)C2)c1. The standard InChI is InChI=1S/C27H22ClN3O3/c1-33-20-12-6-10-18(14-20)22-16-23(31(30-22)27(32)17-8-4-3-5-9-17)21-15-19-11-7-13-24(34-2)25(19)29-26(21)28/h3-15,23H,16H2,1-2H3/t23-/m0/s1. The van der Waals surface area contributed by atoms with Gasteiger partial charge in [-0.3, -0.25) is 4.79 Å². The van der Waals surface area contributed by atoms with E-state index in [9.17, 15) is 4.79 Å². The smallest absolute Gasteiger partial charge is 0.274 e. The first-order valence-corrected chi connectivity index (χ1v) is 11.2. The van der Waals surface area contributed by atoms with Gasteiger partial charge in [0, 0.05) is 28.5 Å². The van der Waals surface area contributed by atoms with Gasteiger partial charge in [0.1, 0.15) is 22.2 Å². The number of carbonyl (C=O) groups excluding carboxylic acids is 1. The summed E-state index contributed by atoms with van der Waals surface area (Å²) in [6.07, 6.45) is 0.489. The summed E-state index contributed by atoms with van der Waals surface area (Å²) in [5, 5.41) is 7.46. The van der Waals surface area contributed by atoms with Crippen molar-refractivity contribution in [2.75, 3.05) is 14.2 Å². The molecule has 1 aliphatic rings. The molecule has 0 fully saturated rings. The highest BCUT2D eigenvalue weighted by Gasteiger charge is 2.35. The molecular formula is C27H22ClN3O3. The average molecular weight is 472 g/mol. The van der Waals surface area contributed by atoms with Crippen molar-refractivity contribution in [3.8, 4) is 11.5 Å². The minimum absolute atomic E-state index is 0.203. The van der Waals surface area contributed by atoms with Crippen molar-refractivity contribution < 1.29 is 14.3 Å². The third-order valence-corrected chi connectivity index (χ3v) is 6.21. The Morgan fingerprint density at radius 1 is 0.971 bits per heavy atom. The minimum atomic E-state index is -0.412. The first-order chi connectivity index (χ1) is 16.6. The van der Waals surface area contributed by atoms with E-state index < -0.39 is 6.04 Å². The molecule has 1 aromatic heterocycles. The molecule has 7 heteroatoms. The van der Waals surface area contributed by atoms with Crippen molar-refractivity contribution >= 4 is 34.1 Å². The number of benzene rings is 3. The van der Waals surface area contributed by atoms with Crippen molar-refractivity contribution in [2.45, 2.75) is 12.5 Å². The van der Waals surface area contributed by atoms with Gasteiger partial charge >= 0.3 is 0 Å². The maximum Gasteiger partial charge on any atom is 0.274 e. The molecular weight excluding hydrogens is 450 g/mol. The van der Waals surface area contributed by atoms with Gasteiger partial charge in [0.2, 0.25) is 0 Å². The molecule has 170 valence electrons. The fraction of sp³-hybridized carbons (Fsp3) is 0.148. The Morgan fingerprint density at radius 2 is 1.76 bits per heavy atom. The van der Waals surface area contributed by atoms with Crippen LogP contribution in [0.1, 0.15) is 33.9 Å². The number of aromatic nitrogens is 1. The minimum Gasteiger partial charge on any atom is -0.497 e. The number of methoxy groups -OCH3 is 2. The molecule has 3 aromatic carbocycles. The summed E-state index contributed by atoms with van der Waals surface area (Å²) in [5.41, 5.74) is 3.61. The lowest BCUT2D eigenvalue weighted by Gasteiger charge is -2.23. The Bertz CT molecular complexity index is 1410. The van der Waals surface area contributed by atoms with Crippen LogP contribution in [-0.2, 0) is 0 Å². The Morgan fingerprint density at radius 3 is 2.53 bits per heavy atom. The highest BCUT2D eigenvalue weighted by Crippen LogP contribution is 2.39. The quantitative estimate of drug-likeness (QED) is 0.340. The van der Waals surface area contributed by atoms with E-state index in [1.54, 1.807) is 26.4 Å². The van der Waals surface area contributed by atoms with Crippen LogP contribution in [0.2, 0.25) is 5.15 Å². The van der Waals surface area contributed by atoms with Gasteiger partial charge < -0.3 is 9.47 Å². The van der Waals surface area contributed by atoms with Crippen molar-refractivity contribution in [2.24, 2.45) is 5.10 Å². The van der Waals surface area contributed by atoms with Crippen LogP contribution < -0.4 is 9.47 Å². The van der Waals surface area contributed by atoms with Gasteiger partial charge in [-0.25, -0.2) is 9.99 Å². The monoisotopic (exact) mass is 471 g/mol. The molecule has 6 nitrogen and oxygen atoms in total. The topological polar surface area (TPSA) is 64.0 Å². The van der Waals surface area contributed by atoms with Crippen molar-refractivity contribution in [3.05, 3.63) is 101 Å². The van der Waals surface area contributed by atoms with Gasteiger partial charge in [-0.05, 0) is 36.4 Å². The van der Waals surface area contributed by atoms with Crippen molar-refractivity contribution in [1.29, 1.82) is 0 Å². The molecule has 0 saturated carbocycles. The number of hydrogen-bond acceptors (Lipinski definition) is 5. The summed E-state index contributed by atoms with van der Waals surface area (Å²) in [6.45, 7) is 0. The number of carbonyl (C=O) groups is 1. The summed E-state index contributed by atoms with van der Waals surface area (Å²) in [5.74, 6) is 1.16. The third kappa shape index (κ3) is 3.97. The second-order valence-corrected chi connectivity index (χ2v) is 8.27. The molecule has 0 bridgehead atoms. The molecule has 0 radical (unpaired) electrons. The van der Waals surface area contributed by atoms with Crippen LogP contribution in [0.25, 0.3) is 10.9 Å². The van der Waals surface area contributed by atoms with E-state index in [0.29, 0.717) is 28.4 Å². The van der Waals surface area contributed by atoms with Gasteiger partial charge in [0.05, 0.1) is 26.0 Å². The number of hydrazone groups is 1. The van der Waals surface area contributed by atoms with E-state index in [1.807, 2.05) is 66.7 Å². The number of amides is 1. The Kier molecular flexibility index (Phi) is 5.90. The molecule has 1 amide bonds. The highest BCUT2D eigenvalue weighted by molar-refractivity contribution is 6.30. The first kappa shape index (κ1) is 21.9. The maximum atomic E-state index is 13.5. The molecule has 4 aromatic rings. The van der Waals surface area contributed by atoms with Crippen LogP contribution in [0.15, 0.2) is 84.0 Å². The zero-order valence-corrected chi connectivity index (χ0v) is 19.5. The number of hydrogen-bond donors (Lipinski definition) is 0. The molecule has 0 spiro atoms. The maximum absolute atomic E-state index is 13.5. The van der Waals surface area contributed by atoms with Crippen LogP contribution in [0, 0.1) is 0 Å². The summed E-state index contributed by atoms with van der Waals surface area (Å²) in [6, 6.07) is 24.0. The lowest BCUT2D eigenvalue weighted by atomic mass is 9.98. The fourth-order valence-corrected chi connectivity index (χ4v) is 4.46. The van der Waals surface area contributed by atoms with Gasteiger partial charge in [0.25, 0.3) is 5.91 Å². The van der Waals surface area contributed by atoms with E-state index in [0.717, 1.165) is 28.0 Å². The molecule has 0 N–H and O–H groups in total. The highest BCUT2D eigenvalue weighted by atomic mass is 35.5. The zero-order chi connectivity index (χ0) is 23.7. The summed E-state index contributed by atoms with van der Waals surface area (Å²) in [4.78, 5) is 18.1. The number of rotatable bonds is 5. The van der Waals surface area contributed by atoms with Crippen LogP contribution in [-0.4, -0.2) is 35.8 Å². The number of para-hydroxylation sites is 1. The molecule has 34 heavy (non-hydrogen) atoms. The van der Waals surface area contributed by atoms with Gasteiger partial charge in [0.15, 0.2) is 0 Å². The second kappa shape index (κ2) is 9.15.